The molecule has 0 aliphatic carbocycles. The van der Waals surface area contributed by atoms with Crippen molar-refractivity contribution in [2.45, 2.75) is 13.0 Å². The van der Waals surface area contributed by atoms with Gasteiger partial charge in [-0.2, -0.15) is 5.26 Å². The summed E-state index contributed by atoms with van der Waals surface area (Å²) in [6.07, 6.45) is 1.60. The Morgan fingerprint density at radius 2 is 1.92 bits per heavy atom. The van der Waals surface area contributed by atoms with Crippen LogP contribution in [0.3, 0.4) is 0 Å². The van der Waals surface area contributed by atoms with Gasteiger partial charge < -0.3 is 15.2 Å². The molecule has 2 N–H and O–H groups in total. The van der Waals surface area contributed by atoms with Crippen molar-refractivity contribution >= 4 is 11.8 Å². The molecule has 0 spiro atoms. The number of amides is 2. The van der Waals surface area contributed by atoms with Crippen LogP contribution in [-0.4, -0.2) is 30.0 Å². The van der Waals surface area contributed by atoms with Crippen LogP contribution in [-0.2, 0) is 6.54 Å². The molecule has 1 heterocycles. The molecule has 1 aromatic carbocycles. The summed E-state index contributed by atoms with van der Waals surface area (Å²) in [4.78, 5) is 36.7. The van der Waals surface area contributed by atoms with Crippen LogP contribution in [0.1, 0.15) is 32.7 Å². The minimum absolute atomic E-state index is 0.105. The average molecular weight is 338 g/mol. The van der Waals surface area contributed by atoms with Crippen LogP contribution in [0.25, 0.3) is 0 Å². The maximum Gasteiger partial charge on any atom is 0.263 e. The average Bonchev–Trinajstić information content (AvgIpc) is 2.63. The topological polar surface area (TPSA) is 104 Å². The Labute approximate surface area is 144 Å². The second-order valence-electron chi connectivity index (χ2n) is 5.30. The summed E-state index contributed by atoms with van der Waals surface area (Å²) in [7, 11) is 1.42. The van der Waals surface area contributed by atoms with Crippen LogP contribution in [0.15, 0.2) is 47.4 Å². The first kappa shape index (κ1) is 17.9. The van der Waals surface area contributed by atoms with Crippen molar-refractivity contribution in [3.05, 3.63) is 69.6 Å². The molecule has 128 valence electrons. The van der Waals surface area contributed by atoms with Crippen LogP contribution >= 0.6 is 0 Å². The third-order valence-corrected chi connectivity index (χ3v) is 3.54. The van der Waals surface area contributed by atoms with Gasteiger partial charge in [0.2, 0.25) is 0 Å². The lowest BCUT2D eigenvalue weighted by Gasteiger charge is -2.11. The molecule has 25 heavy (non-hydrogen) atoms. The van der Waals surface area contributed by atoms with Gasteiger partial charge in [0.05, 0.1) is 24.6 Å². The third kappa shape index (κ3) is 4.54. The van der Waals surface area contributed by atoms with Gasteiger partial charge in [-0.15, -0.1) is 0 Å². The number of hydrogen-bond donors (Lipinski definition) is 2. The molecule has 0 unspecified atom stereocenters. The first-order chi connectivity index (χ1) is 12.1. The molecule has 0 fully saturated rings. The second kappa shape index (κ2) is 8.45. The minimum Gasteiger partial charge on any atom is -0.355 e. The lowest BCUT2D eigenvalue weighted by atomic mass is 10.1. The van der Waals surface area contributed by atoms with Crippen LogP contribution < -0.4 is 16.2 Å². The summed E-state index contributed by atoms with van der Waals surface area (Å²) in [5, 5.41) is 13.5. The number of rotatable bonds is 6. The Hall–Kier alpha value is -3.40. The predicted molar refractivity (Wildman–Crippen MR) is 92.2 cm³/mol. The Morgan fingerprint density at radius 3 is 2.56 bits per heavy atom. The number of aromatic nitrogens is 1. The van der Waals surface area contributed by atoms with Crippen LogP contribution in [0.4, 0.5) is 0 Å². The fourth-order valence-corrected chi connectivity index (χ4v) is 2.29. The molecule has 0 bridgehead atoms. The first-order valence-electron chi connectivity index (χ1n) is 7.72. The van der Waals surface area contributed by atoms with Gasteiger partial charge in [0.15, 0.2) is 0 Å². The molecule has 7 nitrogen and oxygen atoms in total. The number of nitriles is 1. The number of carbonyl (C=O) groups excluding carboxylic acids is 2. The number of nitrogens with one attached hydrogen (secondary N) is 2. The molecule has 0 saturated heterocycles. The predicted octanol–water partition coefficient (Wildman–Crippen LogP) is 0.900. The van der Waals surface area contributed by atoms with Gasteiger partial charge in [0.1, 0.15) is 5.56 Å². The summed E-state index contributed by atoms with van der Waals surface area (Å²) in [6, 6.07) is 12.5. The van der Waals surface area contributed by atoms with E-state index in [0.29, 0.717) is 0 Å². The van der Waals surface area contributed by atoms with Crippen LogP contribution in [0.5, 0.6) is 0 Å². The number of pyridine rings is 1. The van der Waals surface area contributed by atoms with Crippen LogP contribution in [0.2, 0.25) is 0 Å². The van der Waals surface area contributed by atoms with Crippen molar-refractivity contribution in [3.8, 4) is 6.07 Å². The van der Waals surface area contributed by atoms with E-state index in [2.05, 4.69) is 10.6 Å². The van der Waals surface area contributed by atoms with Crippen molar-refractivity contribution in [1.29, 1.82) is 5.26 Å². The minimum atomic E-state index is -0.557. The highest BCUT2D eigenvalue weighted by molar-refractivity contribution is 5.99. The highest BCUT2D eigenvalue weighted by Gasteiger charge is 2.16. The number of hydrogen-bond acceptors (Lipinski definition) is 4. The van der Waals surface area contributed by atoms with E-state index >= 15 is 0 Å². The SMILES string of the molecule is CNC(=O)c1cc(C(=O)NCCC#N)cn(Cc2ccccc2)c1=O. The molecule has 2 rings (SSSR count). The maximum atomic E-state index is 12.5. The van der Waals surface area contributed by atoms with E-state index in [4.69, 9.17) is 5.26 Å². The zero-order chi connectivity index (χ0) is 18.2. The summed E-state index contributed by atoms with van der Waals surface area (Å²) in [6.45, 7) is 0.436. The Bertz CT molecular complexity index is 866. The summed E-state index contributed by atoms with van der Waals surface area (Å²) in [5.74, 6) is -0.999. The Morgan fingerprint density at radius 1 is 1.20 bits per heavy atom. The number of benzene rings is 1. The number of carbonyl (C=O) groups is 2. The smallest absolute Gasteiger partial charge is 0.263 e. The standard InChI is InChI=1S/C18H18N4O3/c1-20-17(24)15-10-14(16(23)21-9-5-8-19)12-22(18(15)25)11-13-6-3-2-4-7-13/h2-4,6-7,10,12H,5,9,11H2,1H3,(H,20,24)(H,21,23). The third-order valence-electron chi connectivity index (χ3n) is 3.54. The molecule has 0 aliphatic rings. The second-order valence-corrected chi connectivity index (χ2v) is 5.30. The summed E-state index contributed by atoms with van der Waals surface area (Å²) in [5.41, 5.74) is 0.477. The monoisotopic (exact) mass is 338 g/mol. The van der Waals surface area contributed by atoms with Gasteiger partial charge in [-0.1, -0.05) is 30.3 Å². The van der Waals surface area contributed by atoms with Gasteiger partial charge >= 0.3 is 0 Å². The molecular weight excluding hydrogens is 320 g/mol. The van der Waals surface area contributed by atoms with Gasteiger partial charge in [0, 0.05) is 19.8 Å². The van der Waals surface area contributed by atoms with Crippen molar-refractivity contribution < 1.29 is 9.59 Å². The van der Waals surface area contributed by atoms with Gasteiger partial charge in [-0.05, 0) is 11.6 Å². The zero-order valence-electron chi connectivity index (χ0n) is 13.8. The van der Waals surface area contributed by atoms with Crippen LogP contribution in [0, 0.1) is 11.3 Å². The molecule has 2 amide bonds. The fourth-order valence-electron chi connectivity index (χ4n) is 2.29. The Kier molecular flexibility index (Phi) is 6.07. The van der Waals surface area contributed by atoms with E-state index in [9.17, 15) is 14.4 Å². The molecular formula is C18H18N4O3. The van der Waals surface area contributed by atoms with Gasteiger partial charge in [-0.25, -0.2) is 0 Å². The lowest BCUT2D eigenvalue weighted by molar-refractivity contribution is 0.0953. The fraction of sp³-hybridized carbons (Fsp3) is 0.222. The van der Waals surface area contributed by atoms with E-state index in [-0.39, 0.29) is 30.6 Å². The number of nitrogens with zero attached hydrogens (tertiary/aromatic N) is 2. The largest absolute Gasteiger partial charge is 0.355 e. The first-order valence-corrected chi connectivity index (χ1v) is 7.72. The quantitative estimate of drug-likeness (QED) is 0.764. The highest BCUT2D eigenvalue weighted by Crippen LogP contribution is 2.06. The summed E-state index contributed by atoms with van der Waals surface area (Å²) >= 11 is 0. The van der Waals surface area contributed by atoms with Crippen molar-refractivity contribution in [3.63, 3.8) is 0 Å². The van der Waals surface area contributed by atoms with Gasteiger partial charge in [0.25, 0.3) is 17.4 Å². The van der Waals surface area contributed by atoms with Crippen molar-refractivity contribution in [2.75, 3.05) is 13.6 Å². The lowest BCUT2D eigenvalue weighted by Crippen LogP contribution is -2.34. The molecule has 7 heteroatoms. The van der Waals surface area contributed by atoms with Crippen molar-refractivity contribution in [1.82, 2.24) is 15.2 Å². The Balaban J connectivity index is 2.42. The van der Waals surface area contributed by atoms with Gasteiger partial charge in [-0.3, -0.25) is 14.4 Å². The zero-order valence-corrected chi connectivity index (χ0v) is 13.8. The molecule has 1 aromatic heterocycles. The molecule has 0 aliphatic heterocycles. The van der Waals surface area contributed by atoms with E-state index in [1.807, 2.05) is 36.4 Å². The molecule has 0 radical (unpaired) electrons. The van der Waals surface area contributed by atoms with E-state index in [1.54, 1.807) is 0 Å². The highest BCUT2D eigenvalue weighted by atomic mass is 16.2. The van der Waals surface area contributed by atoms with E-state index in [0.717, 1.165) is 5.56 Å². The molecule has 0 saturated carbocycles. The van der Waals surface area contributed by atoms with Crippen molar-refractivity contribution in [2.24, 2.45) is 0 Å². The van der Waals surface area contributed by atoms with E-state index < -0.39 is 17.4 Å². The normalized spacial score (nSPS) is 9.92. The summed E-state index contributed by atoms with van der Waals surface area (Å²) < 4.78 is 1.33. The molecule has 0 atom stereocenters. The van der Waals surface area contributed by atoms with E-state index in [1.165, 1.54) is 23.9 Å². The molecule has 2 aromatic rings. The maximum absolute atomic E-state index is 12.5.